The highest BCUT2D eigenvalue weighted by molar-refractivity contribution is 5.94. The van der Waals surface area contributed by atoms with Crippen LogP contribution >= 0.6 is 0 Å². The van der Waals surface area contributed by atoms with Gasteiger partial charge in [0.1, 0.15) is 5.69 Å². The van der Waals surface area contributed by atoms with Crippen LogP contribution in [0.5, 0.6) is 11.5 Å². The molecular formula is C20H20N4O3. The minimum Gasteiger partial charge on any atom is -0.493 e. The second kappa shape index (κ2) is 8.66. The van der Waals surface area contributed by atoms with Crippen LogP contribution in [0.2, 0.25) is 0 Å². The number of carbonyl (C=O) groups is 1. The summed E-state index contributed by atoms with van der Waals surface area (Å²) >= 11 is 0. The maximum atomic E-state index is 12.2. The summed E-state index contributed by atoms with van der Waals surface area (Å²) in [6, 6.07) is 16.6. The van der Waals surface area contributed by atoms with Crippen molar-refractivity contribution in [2.24, 2.45) is 5.10 Å². The van der Waals surface area contributed by atoms with Gasteiger partial charge in [-0.25, -0.2) is 5.43 Å². The van der Waals surface area contributed by atoms with E-state index in [1.165, 1.54) is 0 Å². The standard InChI is InChI=1S/C20H20N4O3/c1-3-27-18-10-9-15(11-19(18)26-2)16-12-17(23-22-16)20(25)24-21-13-14-7-5-4-6-8-14/h4-13H,3H2,1-2H3,(H,22,23)(H,24,25). The topological polar surface area (TPSA) is 88.6 Å². The molecule has 1 aromatic heterocycles. The SMILES string of the molecule is CCOc1ccc(-c2cc(C(=O)NN=Cc3ccccc3)[nH]n2)cc1OC. The minimum atomic E-state index is -0.376. The van der Waals surface area contributed by atoms with Crippen LogP contribution in [-0.2, 0) is 0 Å². The quantitative estimate of drug-likeness (QED) is 0.497. The molecule has 138 valence electrons. The summed E-state index contributed by atoms with van der Waals surface area (Å²) in [5.41, 5.74) is 5.10. The van der Waals surface area contributed by atoms with E-state index in [-0.39, 0.29) is 5.91 Å². The lowest BCUT2D eigenvalue weighted by Crippen LogP contribution is -2.17. The molecule has 27 heavy (non-hydrogen) atoms. The van der Waals surface area contributed by atoms with Crippen molar-refractivity contribution in [1.82, 2.24) is 15.6 Å². The number of nitrogens with zero attached hydrogens (tertiary/aromatic N) is 2. The summed E-state index contributed by atoms with van der Waals surface area (Å²) in [6.07, 6.45) is 1.58. The number of H-pyrrole nitrogens is 1. The summed E-state index contributed by atoms with van der Waals surface area (Å²) in [5.74, 6) is 0.891. The van der Waals surface area contributed by atoms with Crippen LogP contribution in [0, 0.1) is 0 Å². The molecule has 2 aromatic carbocycles. The lowest BCUT2D eigenvalue weighted by Gasteiger charge is -2.09. The summed E-state index contributed by atoms with van der Waals surface area (Å²) < 4.78 is 10.9. The van der Waals surface area contributed by atoms with E-state index < -0.39 is 0 Å². The van der Waals surface area contributed by atoms with Gasteiger partial charge in [0.25, 0.3) is 5.91 Å². The Labute approximate surface area is 157 Å². The average Bonchev–Trinajstić information content (AvgIpc) is 3.19. The van der Waals surface area contributed by atoms with Crippen molar-refractivity contribution in [1.29, 1.82) is 0 Å². The van der Waals surface area contributed by atoms with Gasteiger partial charge in [-0.2, -0.15) is 10.2 Å². The van der Waals surface area contributed by atoms with Crippen molar-refractivity contribution in [2.45, 2.75) is 6.92 Å². The summed E-state index contributed by atoms with van der Waals surface area (Å²) in [4.78, 5) is 12.2. The van der Waals surface area contributed by atoms with Crippen molar-refractivity contribution in [3.8, 4) is 22.8 Å². The normalized spacial score (nSPS) is 10.7. The Morgan fingerprint density at radius 2 is 2.00 bits per heavy atom. The Morgan fingerprint density at radius 3 is 2.74 bits per heavy atom. The van der Waals surface area contributed by atoms with Crippen molar-refractivity contribution >= 4 is 12.1 Å². The number of aromatic nitrogens is 2. The lowest BCUT2D eigenvalue weighted by atomic mass is 10.1. The lowest BCUT2D eigenvalue weighted by molar-refractivity contribution is 0.0950. The van der Waals surface area contributed by atoms with E-state index in [0.717, 1.165) is 11.1 Å². The maximum absolute atomic E-state index is 12.2. The molecule has 7 heteroatoms. The summed E-state index contributed by atoms with van der Waals surface area (Å²) in [5, 5.41) is 10.9. The molecule has 0 atom stereocenters. The van der Waals surface area contributed by atoms with E-state index in [2.05, 4.69) is 20.7 Å². The molecule has 2 N–H and O–H groups in total. The van der Waals surface area contributed by atoms with Crippen LogP contribution in [0.1, 0.15) is 23.0 Å². The van der Waals surface area contributed by atoms with Gasteiger partial charge in [-0.1, -0.05) is 30.3 Å². The zero-order valence-corrected chi connectivity index (χ0v) is 15.1. The molecule has 0 aliphatic heterocycles. The first-order valence-electron chi connectivity index (χ1n) is 8.46. The molecule has 3 rings (SSSR count). The van der Waals surface area contributed by atoms with Gasteiger partial charge in [0.05, 0.1) is 25.6 Å². The minimum absolute atomic E-state index is 0.308. The Morgan fingerprint density at radius 1 is 1.19 bits per heavy atom. The number of ether oxygens (including phenoxy) is 2. The third-order valence-corrected chi connectivity index (χ3v) is 3.76. The number of nitrogens with one attached hydrogen (secondary N) is 2. The molecule has 0 radical (unpaired) electrons. The van der Waals surface area contributed by atoms with Crippen molar-refractivity contribution in [3.63, 3.8) is 0 Å². The monoisotopic (exact) mass is 364 g/mol. The third kappa shape index (κ3) is 4.52. The molecule has 0 fully saturated rings. The third-order valence-electron chi connectivity index (χ3n) is 3.76. The van der Waals surface area contributed by atoms with E-state index >= 15 is 0 Å². The number of methoxy groups -OCH3 is 1. The van der Waals surface area contributed by atoms with Crippen molar-refractivity contribution < 1.29 is 14.3 Å². The number of amides is 1. The van der Waals surface area contributed by atoms with Crippen LogP contribution in [0.25, 0.3) is 11.3 Å². The molecule has 7 nitrogen and oxygen atoms in total. The fourth-order valence-corrected chi connectivity index (χ4v) is 2.45. The number of hydrogen-bond donors (Lipinski definition) is 2. The molecule has 0 aliphatic rings. The van der Waals surface area contributed by atoms with E-state index in [1.807, 2.05) is 55.5 Å². The zero-order valence-electron chi connectivity index (χ0n) is 15.1. The average molecular weight is 364 g/mol. The molecule has 3 aromatic rings. The summed E-state index contributed by atoms with van der Waals surface area (Å²) in [6.45, 7) is 2.46. The Bertz CT molecular complexity index is 935. The zero-order chi connectivity index (χ0) is 19.1. The van der Waals surface area contributed by atoms with Gasteiger partial charge in [0, 0.05) is 5.56 Å². The van der Waals surface area contributed by atoms with Gasteiger partial charge in [-0.3, -0.25) is 9.89 Å². The molecule has 0 unspecified atom stereocenters. The molecule has 1 heterocycles. The van der Waals surface area contributed by atoms with Crippen LogP contribution < -0.4 is 14.9 Å². The molecule has 0 bridgehead atoms. The van der Waals surface area contributed by atoms with E-state index in [1.54, 1.807) is 19.4 Å². The van der Waals surface area contributed by atoms with Gasteiger partial charge in [0.15, 0.2) is 11.5 Å². The highest BCUT2D eigenvalue weighted by Crippen LogP contribution is 2.32. The first-order chi connectivity index (χ1) is 13.2. The second-order valence-corrected chi connectivity index (χ2v) is 5.58. The summed E-state index contributed by atoms with van der Waals surface area (Å²) in [7, 11) is 1.58. The van der Waals surface area contributed by atoms with Gasteiger partial charge in [-0.15, -0.1) is 0 Å². The van der Waals surface area contributed by atoms with Gasteiger partial charge >= 0.3 is 0 Å². The fraction of sp³-hybridized carbons (Fsp3) is 0.150. The first kappa shape index (κ1) is 18.2. The molecule has 1 amide bonds. The largest absolute Gasteiger partial charge is 0.493 e. The number of hydrazone groups is 1. The van der Waals surface area contributed by atoms with Crippen molar-refractivity contribution in [3.05, 3.63) is 65.9 Å². The second-order valence-electron chi connectivity index (χ2n) is 5.58. The number of carbonyl (C=O) groups excluding carboxylic acids is 1. The Hall–Kier alpha value is -3.61. The van der Waals surface area contributed by atoms with E-state index in [0.29, 0.717) is 29.5 Å². The number of benzene rings is 2. The number of aromatic amines is 1. The predicted molar refractivity (Wildman–Crippen MR) is 103 cm³/mol. The predicted octanol–water partition coefficient (Wildman–Crippen LogP) is 3.25. The molecule has 0 saturated carbocycles. The van der Waals surface area contributed by atoms with Crippen LogP contribution in [0.4, 0.5) is 0 Å². The Balaban J connectivity index is 1.70. The van der Waals surface area contributed by atoms with E-state index in [4.69, 9.17) is 9.47 Å². The van der Waals surface area contributed by atoms with Gasteiger partial charge < -0.3 is 9.47 Å². The molecule has 0 spiro atoms. The van der Waals surface area contributed by atoms with Gasteiger partial charge in [-0.05, 0) is 36.8 Å². The van der Waals surface area contributed by atoms with Crippen LogP contribution in [0.15, 0.2) is 59.7 Å². The highest BCUT2D eigenvalue weighted by Gasteiger charge is 2.12. The molecular weight excluding hydrogens is 344 g/mol. The fourth-order valence-electron chi connectivity index (χ4n) is 2.45. The van der Waals surface area contributed by atoms with Crippen molar-refractivity contribution in [2.75, 3.05) is 13.7 Å². The van der Waals surface area contributed by atoms with Crippen LogP contribution in [0.3, 0.4) is 0 Å². The number of rotatable bonds is 7. The van der Waals surface area contributed by atoms with Crippen LogP contribution in [-0.4, -0.2) is 36.0 Å². The van der Waals surface area contributed by atoms with Gasteiger partial charge in [0.2, 0.25) is 0 Å². The van der Waals surface area contributed by atoms with E-state index in [9.17, 15) is 4.79 Å². The Kier molecular flexibility index (Phi) is 5.84. The molecule has 0 saturated heterocycles. The number of hydrogen-bond acceptors (Lipinski definition) is 5. The smallest absolute Gasteiger partial charge is 0.289 e. The highest BCUT2D eigenvalue weighted by atomic mass is 16.5. The molecule has 0 aliphatic carbocycles. The maximum Gasteiger partial charge on any atom is 0.289 e. The first-order valence-corrected chi connectivity index (χ1v) is 8.46.